The first-order valence-electron chi connectivity index (χ1n) is 7.40. The van der Waals surface area contributed by atoms with Crippen molar-refractivity contribution < 1.29 is 4.39 Å². The Labute approximate surface area is 121 Å². The fourth-order valence-electron chi connectivity index (χ4n) is 3.28. The summed E-state index contributed by atoms with van der Waals surface area (Å²) in [5.74, 6) is -0.199. The Morgan fingerprint density at radius 1 is 1.40 bits per heavy atom. The quantitative estimate of drug-likeness (QED) is 0.897. The molecule has 1 fully saturated rings. The standard InChI is InChI=1S/C16H26FN3/c1-12(18)16(13-6-8-14(17)9-7-13)20(3)11-15-5-4-10-19(15)2/h6-9,12,15-16H,4-5,10-11,18H2,1-3H3. The first-order chi connectivity index (χ1) is 9.49. The third-order valence-corrected chi connectivity index (χ3v) is 4.35. The molecule has 1 aliphatic heterocycles. The van der Waals surface area contributed by atoms with Gasteiger partial charge in [-0.25, -0.2) is 4.39 Å². The van der Waals surface area contributed by atoms with Crippen molar-refractivity contribution >= 4 is 0 Å². The third-order valence-electron chi connectivity index (χ3n) is 4.35. The van der Waals surface area contributed by atoms with Crippen LogP contribution in [0.1, 0.15) is 31.4 Å². The minimum atomic E-state index is -0.199. The molecule has 0 spiro atoms. The molecule has 1 aromatic carbocycles. The van der Waals surface area contributed by atoms with Crippen LogP contribution in [0, 0.1) is 5.82 Å². The van der Waals surface area contributed by atoms with Crippen LogP contribution in [0.2, 0.25) is 0 Å². The summed E-state index contributed by atoms with van der Waals surface area (Å²) >= 11 is 0. The number of halogens is 1. The number of rotatable bonds is 5. The van der Waals surface area contributed by atoms with Gasteiger partial charge in [-0.05, 0) is 58.1 Å². The molecule has 2 rings (SSSR count). The van der Waals surface area contributed by atoms with Crippen LogP contribution in [0.25, 0.3) is 0 Å². The van der Waals surface area contributed by atoms with E-state index >= 15 is 0 Å². The van der Waals surface area contributed by atoms with E-state index in [1.165, 1.54) is 31.5 Å². The number of nitrogens with two attached hydrogens (primary N) is 1. The van der Waals surface area contributed by atoms with Crippen molar-refractivity contribution in [2.75, 3.05) is 27.2 Å². The molecule has 3 nitrogen and oxygen atoms in total. The van der Waals surface area contributed by atoms with E-state index in [9.17, 15) is 4.39 Å². The molecule has 1 heterocycles. The van der Waals surface area contributed by atoms with E-state index in [4.69, 9.17) is 5.73 Å². The lowest BCUT2D eigenvalue weighted by molar-refractivity contribution is 0.163. The lowest BCUT2D eigenvalue weighted by Crippen LogP contribution is -2.43. The Morgan fingerprint density at radius 3 is 2.55 bits per heavy atom. The Morgan fingerprint density at radius 2 is 2.05 bits per heavy atom. The number of benzene rings is 1. The van der Waals surface area contributed by atoms with Gasteiger partial charge in [0.25, 0.3) is 0 Å². The summed E-state index contributed by atoms with van der Waals surface area (Å²) in [7, 11) is 4.30. The fourth-order valence-corrected chi connectivity index (χ4v) is 3.28. The van der Waals surface area contributed by atoms with E-state index in [0.717, 1.165) is 12.1 Å². The van der Waals surface area contributed by atoms with Crippen LogP contribution in [0.3, 0.4) is 0 Å². The molecular weight excluding hydrogens is 253 g/mol. The molecule has 0 amide bonds. The van der Waals surface area contributed by atoms with Crippen molar-refractivity contribution in [2.45, 2.75) is 37.9 Å². The van der Waals surface area contributed by atoms with Crippen molar-refractivity contribution in [3.05, 3.63) is 35.6 Å². The second kappa shape index (κ2) is 6.66. The molecule has 0 radical (unpaired) electrons. The van der Waals surface area contributed by atoms with Gasteiger partial charge in [0.2, 0.25) is 0 Å². The molecule has 0 saturated carbocycles. The zero-order chi connectivity index (χ0) is 14.7. The second-order valence-electron chi connectivity index (χ2n) is 6.07. The van der Waals surface area contributed by atoms with Gasteiger partial charge in [-0.1, -0.05) is 12.1 Å². The summed E-state index contributed by atoms with van der Waals surface area (Å²) in [5.41, 5.74) is 7.26. The van der Waals surface area contributed by atoms with Crippen LogP contribution >= 0.6 is 0 Å². The number of likely N-dealkylation sites (N-methyl/N-ethyl adjacent to an activating group) is 2. The highest BCUT2D eigenvalue weighted by Crippen LogP contribution is 2.25. The van der Waals surface area contributed by atoms with Gasteiger partial charge < -0.3 is 10.6 Å². The average molecular weight is 279 g/mol. The normalized spacial score (nSPS) is 23.2. The largest absolute Gasteiger partial charge is 0.326 e. The molecule has 0 aliphatic carbocycles. The van der Waals surface area contributed by atoms with Gasteiger partial charge in [0, 0.05) is 24.7 Å². The molecule has 0 aromatic heterocycles. The molecule has 1 saturated heterocycles. The Kier molecular flexibility index (Phi) is 5.13. The summed E-state index contributed by atoms with van der Waals surface area (Å²) in [4.78, 5) is 4.73. The van der Waals surface area contributed by atoms with Crippen LogP contribution < -0.4 is 5.73 Å². The van der Waals surface area contributed by atoms with E-state index in [0.29, 0.717) is 6.04 Å². The van der Waals surface area contributed by atoms with Crippen molar-refractivity contribution in [1.82, 2.24) is 9.80 Å². The zero-order valence-corrected chi connectivity index (χ0v) is 12.7. The summed E-state index contributed by atoms with van der Waals surface area (Å²) in [5, 5.41) is 0. The maximum Gasteiger partial charge on any atom is 0.123 e. The van der Waals surface area contributed by atoms with Gasteiger partial charge >= 0.3 is 0 Å². The lowest BCUT2D eigenvalue weighted by Gasteiger charge is -2.34. The van der Waals surface area contributed by atoms with E-state index in [1.807, 2.05) is 19.1 Å². The molecule has 0 bridgehead atoms. The third kappa shape index (κ3) is 3.57. The van der Waals surface area contributed by atoms with Gasteiger partial charge in [0.15, 0.2) is 0 Å². The molecule has 112 valence electrons. The molecular formula is C16H26FN3. The molecule has 20 heavy (non-hydrogen) atoms. The minimum absolute atomic E-state index is 0.0113. The summed E-state index contributed by atoms with van der Waals surface area (Å²) < 4.78 is 13.1. The average Bonchev–Trinajstić information content (AvgIpc) is 2.77. The number of likely N-dealkylation sites (tertiary alicyclic amines) is 1. The predicted molar refractivity (Wildman–Crippen MR) is 81.1 cm³/mol. The highest BCUT2D eigenvalue weighted by molar-refractivity contribution is 5.21. The maximum absolute atomic E-state index is 13.1. The molecule has 3 atom stereocenters. The maximum atomic E-state index is 13.1. The Balaban J connectivity index is 2.09. The zero-order valence-electron chi connectivity index (χ0n) is 12.7. The molecule has 2 N–H and O–H groups in total. The first-order valence-corrected chi connectivity index (χ1v) is 7.40. The summed E-state index contributed by atoms with van der Waals surface area (Å²) in [6, 6.07) is 7.46. The van der Waals surface area contributed by atoms with E-state index in [-0.39, 0.29) is 17.9 Å². The van der Waals surface area contributed by atoms with E-state index < -0.39 is 0 Å². The monoisotopic (exact) mass is 279 g/mol. The van der Waals surface area contributed by atoms with Gasteiger partial charge in [-0.2, -0.15) is 0 Å². The van der Waals surface area contributed by atoms with Gasteiger partial charge in [0.1, 0.15) is 5.82 Å². The van der Waals surface area contributed by atoms with Crippen molar-refractivity contribution in [3.63, 3.8) is 0 Å². The van der Waals surface area contributed by atoms with E-state index in [2.05, 4.69) is 23.9 Å². The molecule has 3 unspecified atom stereocenters. The minimum Gasteiger partial charge on any atom is -0.326 e. The molecule has 1 aromatic rings. The Bertz CT molecular complexity index is 418. The van der Waals surface area contributed by atoms with Gasteiger partial charge in [0.05, 0.1) is 0 Å². The first kappa shape index (κ1) is 15.4. The van der Waals surface area contributed by atoms with Crippen molar-refractivity contribution in [2.24, 2.45) is 5.73 Å². The number of hydrogen-bond donors (Lipinski definition) is 1. The number of nitrogens with zero attached hydrogens (tertiary/aromatic N) is 2. The van der Waals surface area contributed by atoms with Crippen LogP contribution in [0.5, 0.6) is 0 Å². The molecule has 4 heteroatoms. The van der Waals surface area contributed by atoms with E-state index in [1.54, 1.807) is 0 Å². The second-order valence-corrected chi connectivity index (χ2v) is 6.07. The fraction of sp³-hybridized carbons (Fsp3) is 0.625. The highest BCUT2D eigenvalue weighted by atomic mass is 19.1. The van der Waals surface area contributed by atoms with Crippen molar-refractivity contribution in [1.29, 1.82) is 0 Å². The lowest BCUT2D eigenvalue weighted by atomic mass is 9.99. The van der Waals surface area contributed by atoms with Crippen LogP contribution in [0.15, 0.2) is 24.3 Å². The van der Waals surface area contributed by atoms with Crippen molar-refractivity contribution in [3.8, 4) is 0 Å². The van der Waals surface area contributed by atoms with Crippen LogP contribution in [0.4, 0.5) is 4.39 Å². The molecule has 1 aliphatic rings. The van der Waals surface area contributed by atoms with Crippen LogP contribution in [-0.4, -0.2) is 49.1 Å². The summed E-state index contributed by atoms with van der Waals surface area (Å²) in [6.45, 7) is 4.20. The topological polar surface area (TPSA) is 32.5 Å². The summed E-state index contributed by atoms with van der Waals surface area (Å²) in [6.07, 6.45) is 2.52. The van der Waals surface area contributed by atoms with Gasteiger partial charge in [-0.15, -0.1) is 0 Å². The Hall–Kier alpha value is -0.970. The predicted octanol–water partition coefficient (Wildman–Crippen LogP) is 2.24. The highest BCUT2D eigenvalue weighted by Gasteiger charge is 2.27. The van der Waals surface area contributed by atoms with Gasteiger partial charge in [-0.3, -0.25) is 4.90 Å². The van der Waals surface area contributed by atoms with Crippen LogP contribution in [-0.2, 0) is 0 Å². The number of hydrogen-bond acceptors (Lipinski definition) is 3. The SMILES string of the molecule is CC(N)C(c1ccc(F)cc1)N(C)CC1CCCN1C. The smallest absolute Gasteiger partial charge is 0.123 e.